The van der Waals surface area contributed by atoms with E-state index in [-0.39, 0.29) is 41.0 Å². The maximum atomic E-state index is 12.1. The number of carbonyl (C=O) groups is 2. The molecule has 0 bridgehead atoms. The van der Waals surface area contributed by atoms with Gasteiger partial charge in [0, 0.05) is 17.8 Å². The third-order valence-corrected chi connectivity index (χ3v) is 3.79. The quantitative estimate of drug-likeness (QED) is 0.403. The molecule has 2 aromatic carbocycles. The van der Waals surface area contributed by atoms with Crippen molar-refractivity contribution in [2.45, 2.75) is 6.92 Å². The maximum absolute atomic E-state index is 12.1. The van der Waals surface area contributed by atoms with Crippen molar-refractivity contribution in [3.63, 3.8) is 0 Å². The minimum absolute atomic E-state index is 0.0136. The molecule has 0 aliphatic heterocycles. The Morgan fingerprint density at radius 2 is 1.96 bits per heavy atom. The number of carbonyl (C=O) groups excluding carboxylic acids is 2. The summed E-state index contributed by atoms with van der Waals surface area (Å²) in [6.07, 6.45) is 0. The summed E-state index contributed by atoms with van der Waals surface area (Å²) in [6, 6.07) is 8.27. The van der Waals surface area contributed by atoms with Crippen molar-refractivity contribution in [1.82, 2.24) is 0 Å². The molecule has 0 aliphatic carbocycles. The first-order chi connectivity index (χ1) is 13.3. The van der Waals surface area contributed by atoms with Gasteiger partial charge in [0.2, 0.25) is 5.75 Å². The number of anilines is 1. The van der Waals surface area contributed by atoms with Crippen LogP contribution in [-0.2, 0) is 9.53 Å². The van der Waals surface area contributed by atoms with E-state index in [1.807, 2.05) is 0 Å². The Morgan fingerprint density at radius 3 is 2.61 bits per heavy atom. The summed E-state index contributed by atoms with van der Waals surface area (Å²) in [7, 11) is 1.29. The predicted octanol–water partition coefficient (Wildman–Crippen LogP) is 3.45. The summed E-state index contributed by atoms with van der Waals surface area (Å²) in [5.41, 5.74) is 0.247. The first-order valence-corrected chi connectivity index (χ1v) is 8.45. The van der Waals surface area contributed by atoms with E-state index >= 15 is 0 Å². The Balaban J connectivity index is 2.02. The van der Waals surface area contributed by atoms with E-state index in [1.165, 1.54) is 43.5 Å². The number of hydrogen-bond acceptors (Lipinski definition) is 7. The van der Waals surface area contributed by atoms with Gasteiger partial charge in [-0.05, 0) is 31.2 Å². The Bertz CT molecular complexity index is 901. The lowest BCUT2D eigenvalue weighted by Crippen LogP contribution is -2.20. The van der Waals surface area contributed by atoms with Crippen molar-refractivity contribution in [1.29, 1.82) is 0 Å². The minimum atomic E-state index is -0.599. The van der Waals surface area contributed by atoms with E-state index in [2.05, 4.69) is 5.32 Å². The van der Waals surface area contributed by atoms with E-state index in [9.17, 15) is 19.7 Å². The van der Waals surface area contributed by atoms with E-state index < -0.39 is 16.8 Å². The van der Waals surface area contributed by atoms with Crippen LogP contribution in [0.2, 0.25) is 5.02 Å². The zero-order chi connectivity index (χ0) is 20.7. The molecule has 0 heterocycles. The van der Waals surface area contributed by atoms with Crippen LogP contribution in [0.5, 0.6) is 11.5 Å². The van der Waals surface area contributed by atoms with Gasteiger partial charge in [0.15, 0.2) is 6.61 Å². The van der Waals surface area contributed by atoms with E-state index in [4.69, 9.17) is 25.8 Å². The van der Waals surface area contributed by atoms with Crippen LogP contribution < -0.4 is 14.8 Å². The van der Waals surface area contributed by atoms with Crippen molar-refractivity contribution in [2.75, 3.05) is 25.6 Å². The first kappa shape index (κ1) is 21.0. The molecule has 0 atom stereocenters. The highest BCUT2D eigenvalue weighted by Gasteiger charge is 2.16. The molecule has 0 radical (unpaired) electrons. The van der Waals surface area contributed by atoms with E-state index in [0.29, 0.717) is 5.69 Å². The second-order valence-corrected chi connectivity index (χ2v) is 5.75. The highest BCUT2D eigenvalue weighted by atomic mass is 35.5. The number of benzene rings is 2. The fourth-order valence-electron chi connectivity index (χ4n) is 2.21. The Labute approximate surface area is 165 Å². The monoisotopic (exact) mass is 408 g/mol. The van der Waals surface area contributed by atoms with Crippen LogP contribution in [0.1, 0.15) is 17.3 Å². The number of amides is 1. The fraction of sp³-hybridized carbons (Fsp3) is 0.222. The average Bonchev–Trinajstić information content (AvgIpc) is 2.67. The number of nitro groups is 1. The fourth-order valence-corrected chi connectivity index (χ4v) is 2.41. The Morgan fingerprint density at radius 1 is 1.21 bits per heavy atom. The number of hydrogen-bond donors (Lipinski definition) is 1. The maximum Gasteiger partial charge on any atom is 0.339 e. The second-order valence-electron chi connectivity index (χ2n) is 5.34. The van der Waals surface area contributed by atoms with Gasteiger partial charge < -0.3 is 19.5 Å². The van der Waals surface area contributed by atoms with Gasteiger partial charge in [-0.2, -0.15) is 0 Å². The van der Waals surface area contributed by atoms with Gasteiger partial charge in [0.1, 0.15) is 5.75 Å². The van der Waals surface area contributed by atoms with Gasteiger partial charge in [-0.15, -0.1) is 0 Å². The lowest BCUT2D eigenvalue weighted by Gasteiger charge is -2.10. The first-order valence-electron chi connectivity index (χ1n) is 8.07. The molecule has 0 spiro atoms. The summed E-state index contributed by atoms with van der Waals surface area (Å²) < 4.78 is 15.2. The van der Waals surface area contributed by atoms with Crippen molar-refractivity contribution in [2.24, 2.45) is 0 Å². The van der Waals surface area contributed by atoms with Crippen LogP contribution in [0.4, 0.5) is 11.4 Å². The molecule has 0 aromatic heterocycles. The largest absolute Gasteiger partial charge is 0.490 e. The Kier molecular flexibility index (Phi) is 7.16. The smallest absolute Gasteiger partial charge is 0.339 e. The van der Waals surface area contributed by atoms with Crippen LogP contribution in [-0.4, -0.2) is 37.1 Å². The number of nitrogens with zero attached hydrogens (tertiary/aromatic N) is 1. The van der Waals surface area contributed by atoms with Crippen LogP contribution in [0, 0.1) is 10.1 Å². The van der Waals surface area contributed by atoms with Crippen LogP contribution in [0.25, 0.3) is 0 Å². The summed E-state index contributed by atoms with van der Waals surface area (Å²) in [5.74, 6) is -0.868. The molecule has 1 N–H and O–H groups in total. The average molecular weight is 409 g/mol. The molecular weight excluding hydrogens is 392 g/mol. The van der Waals surface area contributed by atoms with Gasteiger partial charge in [0.25, 0.3) is 5.91 Å². The zero-order valence-electron chi connectivity index (χ0n) is 15.1. The van der Waals surface area contributed by atoms with E-state index in [1.54, 1.807) is 6.92 Å². The summed E-state index contributed by atoms with van der Waals surface area (Å²) >= 11 is 5.97. The molecule has 0 saturated heterocycles. The molecule has 0 saturated carbocycles. The number of rotatable bonds is 8. The normalized spacial score (nSPS) is 10.1. The molecule has 1 amide bonds. The number of esters is 1. The van der Waals surface area contributed by atoms with Gasteiger partial charge in [-0.3, -0.25) is 14.9 Å². The number of ether oxygens (including phenoxy) is 3. The third-order valence-electron chi connectivity index (χ3n) is 3.46. The van der Waals surface area contributed by atoms with Crippen molar-refractivity contribution >= 4 is 34.9 Å². The highest BCUT2D eigenvalue weighted by molar-refractivity contribution is 6.33. The van der Waals surface area contributed by atoms with Crippen molar-refractivity contribution in [3.05, 3.63) is 57.1 Å². The molecule has 28 heavy (non-hydrogen) atoms. The summed E-state index contributed by atoms with van der Waals surface area (Å²) in [5, 5.41) is 13.6. The van der Waals surface area contributed by atoms with Gasteiger partial charge in [-0.25, -0.2) is 4.79 Å². The van der Waals surface area contributed by atoms with Crippen molar-refractivity contribution in [3.8, 4) is 11.5 Å². The molecule has 2 rings (SSSR count). The van der Waals surface area contributed by atoms with Gasteiger partial charge in [-0.1, -0.05) is 11.6 Å². The van der Waals surface area contributed by atoms with Gasteiger partial charge >= 0.3 is 11.7 Å². The van der Waals surface area contributed by atoms with Crippen LogP contribution in [0.3, 0.4) is 0 Å². The molecule has 148 valence electrons. The van der Waals surface area contributed by atoms with E-state index in [0.717, 1.165) is 0 Å². The third kappa shape index (κ3) is 5.34. The van der Waals surface area contributed by atoms with Crippen molar-refractivity contribution < 1.29 is 28.7 Å². The molecular formula is C18H17ClN2O7. The molecule has 0 fully saturated rings. The topological polar surface area (TPSA) is 117 Å². The molecule has 2 aromatic rings. The standard InChI is InChI=1S/C18H17ClN2O7/c1-3-27-18(23)13-8-11(4-6-14(13)19)20-17(22)10-28-12-5-7-15(21(24)25)16(9-12)26-2/h4-9H,3,10H2,1-2H3,(H,20,22). The number of nitrogens with one attached hydrogen (secondary N) is 1. The van der Waals surface area contributed by atoms with Crippen LogP contribution >= 0.6 is 11.6 Å². The summed E-state index contributed by atoms with van der Waals surface area (Å²) in [6.45, 7) is 1.50. The second kappa shape index (κ2) is 9.56. The molecule has 0 unspecified atom stereocenters. The SMILES string of the molecule is CCOC(=O)c1cc(NC(=O)COc2ccc([N+](=O)[O-])c(OC)c2)ccc1Cl. The molecule has 10 heteroatoms. The number of halogens is 1. The lowest BCUT2D eigenvalue weighted by molar-refractivity contribution is -0.385. The number of nitro benzene ring substituents is 1. The number of methoxy groups -OCH3 is 1. The molecule has 9 nitrogen and oxygen atoms in total. The minimum Gasteiger partial charge on any atom is -0.490 e. The Hall–Kier alpha value is -3.33. The zero-order valence-corrected chi connectivity index (χ0v) is 15.8. The lowest BCUT2D eigenvalue weighted by atomic mass is 10.2. The summed E-state index contributed by atoms with van der Waals surface area (Å²) in [4.78, 5) is 34.2. The predicted molar refractivity (Wildman–Crippen MR) is 101 cm³/mol. The molecule has 0 aliphatic rings. The van der Waals surface area contributed by atoms with Crippen LogP contribution in [0.15, 0.2) is 36.4 Å². The van der Waals surface area contributed by atoms with Gasteiger partial charge in [0.05, 0.1) is 29.2 Å². The highest BCUT2D eigenvalue weighted by Crippen LogP contribution is 2.30.